The normalized spacial score (nSPS) is 18.6. The van der Waals surface area contributed by atoms with E-state index in [4.69, 9.17) is 0 Å². The van der Waals surface area contributed by atoms with Gasteiger partial charge in [-0.25, -0.2) is 8.78 Å². The van der Waals surface area contributed by atoms with E-state index in [0.717, 1.165) is 46.0 Å². The number of benzene rings is 4. The minimum atomic E-state index is -4.85. The summed E-state index contributed by atoms with van der Waals surface area (Å²) in [5.74, 6) is -3.57. The van der Waals surface area contributed by atoms with Crippen LogP contribution in [-0.2, 0) is 12.4 Å². The Labute approximate surface area is 293 Å². The third-order valence-electron chi connectivity index (χ3n) is 10.1. The largest absolute Gasteiger partial charge is 0.419 e. The summed E-state index contributed by atoms with van der Waals surface area (Å²) in [6.45, 7) is 5.43. The molecule has 3 aliphatic carbocycles. The average Bonchev–Trinajstić information content (AvgIpc) is 3.55. The van der Waals surface area contributed by atoms with Gasteiger partial charge in [0.15, 0.2) is 0 Å². The van der Waals surface area contributed by atoms with Crippen LogP contribution in [-0.4, -0.2) is 5.71 Å². The van der Waals surface area contributed by atoms with E-state index in [9.17, 15) is 45.6 Å². The zero-order chi connectivity index (χ0) is 37.4. The van der Waals surface area contributed by atoms with Crippen molar-refractivity contribution in [2.24, 2.45) is 16.8 Å². The fraction of sp³-hybridized carbons (Fsp3) is 0.195. The number of alkyl halides is 6. The quantitative estimate of drug-likeness (QED) is 0.138. The van der Waals surface area contributed by atoms with E-state index in [1.54, 1.807) is 31.2 Å². The zero-order valence-electron chi connectivity index (χ0n) is 27.7. The van der Waals surface area contributed by atoms with Crippen LogP contribution in [0.5, 0.6) is 0 Å². The molecule has 0 aromatic heterocycles. The number of nitriles is 2. The van der Waals surface area contributed by atoms with Gasteiger partial charge in [-0.15, -0.1) is 0 Å². The lowest BCUT2D eigenvalue weighted by atomic mass is 9.80. The van der Waals surface area contributed by atoms with E-state index >= 15 is 0 Å². The van der Waals surface area contributed by atoms with E-state index in [0.29, 0.717) is 57.2 Å². The van der Waals surface area contributed by atoms with Crippen LogP contribution in [0.15, 0.2) is 88.9 Å². The second-order valence-electron chi connectivity index (χ2n) is 13.2. The van der Waals surface area contributed by atoms with Gasteiger partial charge in [-0.3, -0.25) is 0 Å². The van der Waals surface area contributed by atoms with Crippen molar-refractivity contribution in [1.82, 2.24) is 0 Å². The van der Waals surface area contributed by atoms with Gasteiger partial charge in [0.05, 0.1) is 28.8 Å². The van der Waals surface area contributed by atoms with Gasteiger partial charge >= 0.3 is 12.4 Å². The van der Waals surface area contributed by atoms with Crippen molar-refractivity contribution < 1.29 is 35.1 Å². The Bertz CT molecular complexity index is 2450. The number of allylic oxidation sites excluding steroid dienone is 5. The Hall–Kier alpha value is -5.81. The van der Waals surface area contributed by atoms with E-state index in [1.807, 2.05) is 32.2 Å². The summed E-state index contributed by atoms with van der Waals surface area (Å²) in [5, 5.41) is 19.6. The molecule has 4 aromatic carbocycles. The van der Waals surface area contributed by atoms with Gasteiger partial charge in [-0.05, 0) is 142 Å². The van der Waals surface area contributed by atoms with Crippen LogP contribution in [0.4, 0.5) is 35.1 Å². The molecule has 2 unspecified atom stereocenters. The van der Waals surface area contributed by atoms with Crippen molar-refractivity contribution in [2.45, 2.75) is 39.5 Å². The van der Waals surface area contributed by atoms with Crippen LogP contribution in [0.2, 0.25) is 0 Å². The molecular weight excluding hydrogens is 686 g/mol. The third kappa shape index (κ3) is 5.52. The molecule has 11 heteroatoms. The highest BCUT2D eigenvalue weighted by atomic mass is 19.4. The lowest BCUT2D eigenvalue weighted by molar-refractivity contribution is -0.140. The molecule has 0 saturated heterocycles. The smallest absolute Gasteiger partial charge is 0.206 e. The van der Waals surface area contributed by atoms with Gasteiger partial charge < -0.3 is 0 Å². The molecule has 3 nitrogen and oxygen atoms in total. The van der Waals surface area contributed by atoms with Crippen LogP contribution in [0.1, 0.15) is 66.1 Å². The molecule has 0 saturated carbocycles. The predicted octanol–water partition coefficient (Wildman–Crippen LogP) is 11.8. The first-order chi connectivity index (χ1) is 24.5. The second-order valence-corrected chi connectivity index (χ2v) is 13.2. The Balaban J connectivity index is 1.39. The molecular formula is C41H25F8N3. The number of rotatable bonds is 3. The Kier molecular flexibility index (Phi) is 8.10. The first kappa shape index (κ1) is 34.6. The average molecular weight is 712 g/mol. The minimum absolute atomic E-state index is 0.238. The number of halogens is 8. The highest BCUT2D eigenvalue weighted by molar-refractivity contribution is 6.27. The summed E-state index contributed by atoms with van der Waals surface area (Å²) in [5.41, 5.74) is 6.50. The molecule has 0 fully saturated rings. The zero-order valence-corrected chi connectivity index (χ0v) is 27.7. The Morgan fingerprint density at radius 1 is 0.731 bits per heavy atom. The van der Waals surface area contributed by atoms with Crippen LogP contribution in [0, 0.1) is 46.3 Å². The number of hydrogen-bond acceptors (Lipinski definition) is 3. The Morgan fingerprint density at radius 2 is 1.29 bits per heavy atom. The number of fused-ring (bicyclic) bond motifs is 5. The minimum Gasteiger partial charge on any atom is -0.206 e. The van der Waals surface area contributed by atoms with Crippen molar-refractivity contribution in [3.8, 4) is 34.5 Å². The van der Waals surface area contributed by atoms with Gasteiger partial charge in [0.1, 0.15) is 11.6 Å². The van der Waals surface area contributed by atoms with Gasteiger partial charge in [0.25, 0.3) is 0 Å². The molecule has 0 amide bonds. The van der Waals surface area contributed by atoms with Gasteiger partial charge in [-0.2, -0.15) is 41.9 Å². The molecule has 0 heterocycles. The molecule has 260 valence electrons. The number of nitrogens with zero attached hydrogens (tertiary/aromatic N) is 3. The summed E-state index contributed by atoms with van der Waals surface area (Å²) in [7, 11) is 0. The van der Waals surface area contributed by atoms with Crippen LogP contribution >= 0.6 is 0 Å². The van der Waals surface area contributed by atoms with Crippen molar-refractivity contribution in [1.29, 1.82) is 10.5 Å². The monoisotopic (exact) mass is 711 g/mol. The highest BCUT2D eigenvalue weighted by Crippen LogP contribution is 2.53. The van der Waals surface area contributed by atoms with E-state index in [1.165, 1.54) is 12.1 Å². The molecule has 0 radical (unpaired) electrons. The predicted molar refractivity (Wildman–Crippen MR) is 181 cm³/mol. The van der Waals surface area contributed by atoms with Gasteiger partial charge in [-0.1, -0.05) is 31.2 Å². The molecule has 3 aliphatic rings. The molecule has 2 atom stereocenters. The molecule has 0 aliphatic heterocycles. The van der Waals surface area contributed by atoms with E-state index < -0.39 is 41.0 Å². The number of hydrogen-bond donors (Lipinski definition) is 0. The Morgan fingerprint density at radius 3 is 1.88 bits per heavy atom. The van der Waals surface area contributed by atoms with Crippen molar-refractivity contribution in [3.05, 3.63) is 135 Å². The summed E-state index contributed by atoms with van der Waals surface area (Å²) in [6.07, 6.45) is -5.68. The maximum atomic E-state index is 14.6. The molecule has 0 bridgehead atoms. The second kappa shape index (κ2) is 12.2. The fourth-order valence-corrected chi connectivity index (χ4v) is 7.43. The maximum absolute atomic E-state index is 14.6. The first-order valence-corrected chi connectivity index (χ1v) is 16.1. The SMILES string of the molecule is C/C(=C1/c2cc(-c3ccc(C(F)(F)F)c(F)c3)ccc2-c2cc3c(cc21)C(=NC#N)C1=C3CC(C)C(c2ccc(C(F)(F)F)c(F)c2)=C1)C(C)C#N. The maximum Gasteiger partial charge on any atom is 0.419 e. The molecule has 0 N–H and O–H groups in total. The molecule has 4 aromatic rings. The molecule has 52 heavy (non-hydrogen) atoms. The number of aliphatic imine (C=N–C) groups is 1. The van der Waals surface area contributed by atoms with E-state index in [-0.39, 0.29) is 17.0 Å². The van der Waals surface area contributed by atoms with Crippen LogP contribution < -0.4 is 0 Å². The topological polar surface area (TPSA) is 59.9 Å². The van der Waals surface area contributed by atoms with Crippen molar-refractivity contribution in [2.75, 3.05) is 0 Å². The summed E-state index contributed by atoms with van der Waals surface area (Å²) >= 11 is 0. The highest BCUT2D eigenvalue weighted by Gasteiger charge is 2.38. The molecule has 0 spiro atoms. The van der Waals surface area contributed by atoms with Crippen LogP contribution in [0.25, 0.3) is 39.0 Å². The van der Waals surface area contributed by atoms with Crippen molar-refractivity contribution in [3.63, 3.8) is 0 Å². The van der Waals surface area contributed by atoms with Crippen LogP contribution in [0.3, 0.4) is 0 Å². The van der Waals surface area contributed by atoms with Gasteiger partial charge in [0.2, 0.25) is 6.19 Å². The van der Waals surface area contributed by atoms with Crippen molar-refractivity contribution >= 4 is 22.4 Å². The summed E-state index contributed by atoms with van der Waals surface area (Å²) < 4.78 is 109. The fourth-order valence-electron chi connectivity index (χ4n) is 7.43. The van der Waals surface area contributed by atoms with Gasteiger partial charge in [0, 0.05) is 11.1 Å². The molecule has 7 rings (SSSR count). The summed E-state index contributed by atoms with van der Waals surface area (Å²) in [6, 6.07) is 17.0. The summed E-state index contributed by atoms with van der Waals surface area (Å²) in [4.78, 5) is 4.16. The lowest BCUT2D eigenvalue weighted by Gasteiger charge is -2.24. The third-order valence-corrected chi connectivity index (χ3v) is 10.1. The standard InChI is InChI=1S/C41H25F8N3/c1-19-10-27-29-15-28-25-7-4-22(23-5-8-34(36(42)12-23)40(44,45)46)11-30(25)38(21(3)20(2)17-50)31(28)16-33(29)39(52-18-51)32(27)14-26(19)24-6-9-35(37(43)13-24)41(47,48)49/h4-9,11-16,19-20H,10H2,1-3H3/b38-21+,52-39?. The van der Waals surface area contributed by atoms with E-state index in [2.05, 4.69) is 11.1 Å². The first-order valence-electron chi connectivity index (χ1n) is 16.1. The lowest BCUT2D eigenvalue weighted by Crippen LogP contribution is -2.11.